The molecule has 0 N–H and O–H groups in total. The number of carbonyl (C=O) groups excluding carboxylic acids is 1. The van der Waals surface area contributed by atoms with Crippen molar-refractivity contribution in [3.63, 3.8) is 0 Å². The lowest BCUT2D eigenvalue weighted by atomic mass is 10.1. The molecule has 0 bridgehead atoms. The van der Waals surface area contributed by atoms with Gasteiger partial charge in [0.2, 0.25) is 0 Å². The molecular formula is C23H28N4O. The summed E-state index contributed by atoms with van der Waals surface area (Å²) in [6.07, 6.45) is 2.29. The Hall–Kier alpha value is -2.69. The first kappa shape index (κ1) is 18.7. The minimum atomic E-state index is -0.203. The molecule has 1 saturated carbocycles. The van der Waals surface area contributed by atoms with Crippen molar-refractivity contribution in [2.24, 2.45) is 0 Å². The van der Waals surface area contributed by atoms with Crippen LogP contribution in [0.2, 0.25) is 0 Å². The lowest BCUT2D eigenvalue weighted by molar-refractivity contribution is 0.0989. The summed E-state index contributed by atoms with van der Waals surface area (Å²) in [5.74, 6) is 0.478. The molecule has 1 amide bonds. The number of hydrogen-bond acceptors (Lipinski definition) is 3. The molecule has 4 rings (SSSR count). The summed E-state index contributed by atoms with van der Waals surface area (Å²) in [4.78, 5) is 20.4. The van der Waals surface area contributed by atoms with Crippen LogP contribution < -0.4 is 4.90 Å². The van der Waals surface area contributed by atoms with Crippen molar-refractivity contribution in [3.8, 4) is 0 Å². The van der Waals surface area contributed by atoms with E-state index in [1.165, 1.54) is 0 Å². The molecule has 0 saturated heterocycles. The molecule has 0 spiro atoms. The van der Waals surface area contributed by atoms with Gasteiger partial charge in [-0.05, 0) is 65.7 Å². The average Bonchev–Trinajstić information content (AvgIpc) is 3.45. The maximum absolute atomic E-state index is 13.7. The normalized spacial score (nSPS) is 14.5. The molecule has 5 heteroatoms. The molecule has 2 heterocycles. The highest BCUT2D eigenvalue weighted by Gasteiger charge is 2.31. The molecular weight excluding hydrogens is 348 g/mol. The summed E-state index contributed by atoms with van der Waals surface area (Å²) in [5.41, 5.74) is 4.12. The molecule has 146 valence electrons. The number of anilines is 1. The van der Waals surface area contributed by atoms with Crippen molar-refractivity contribution < 1.29 is 4.79 Å². The number of benzene rings is 1. The van der Waals surface area contributed by atoms with Gasteiger partial charge >= 0.3 is 0 Å². The SMILES string of the molecule is CCN(C(=O)c1cc(C2CC2)nc2c1c(C)nn2C(C)(C)C)c1ccccc1. The number of aryl methyl sites for hydroxylation is 1. The lowest BCUT2D eigenvalue weighted by Crippen LogP contribution is -2.31. The Morgan fingerprint density at radius 2 is 1.89 bits per heavy atom. The first-order valence-electron chi connectivity index (χ1n) is 10.1. The number of fused-ring (bicyclic) bond motifs is 1. The van der Waals surface area contributed by atoms with Gasteiger partial charge in [-0.25, -0.2) is 9.67 Å². The highest BCUT2D eigenvalue weighted by Crippen LogP contribution is 2.41. The van der Waals surface area contributed by atoms with Gasteiger partial charge in [0.1, 0.15) is 0 Å². The Morgan fingerprint density at radius 3 is 2.46 bits per heavy atom. The number of hydrogen-bond donors (Lipinski definition) is 0. The second-order valence-corrected chi connectivity index (χ2v) is 8.62. The standard InChI is InChI=1S/C23H28N4O/c1-6-26(17-10-8-7-9-11-17)22(28)18-14-19(16-12-13-16)24-21-20(18)15(2)25-27(21)23(3,4)5/h7-11,14,16H,6,12-13H2,1-5H3. The van der Waals surface area contributed by atoms with Gasteiger partial charge in [-0.15, -0.1) is 0 Å². The zero-order valence-corrected chi connectivity index (χ0v) is 17.4. The average molecular weight is 377 g/mol. The van der Waals surface area contributed by atoms with E-state index in [1.807, 2.05) is 59.8 Å². The molecule has 1 aliphatic carbocycles. The first-order chi connectivity index (χ1) is 13.3. The van der Waals surface area contributed by atoms with Crippen LogP contribution >= 0.6 is 0 Å². The highest BCUT2D eigenvalue weighted by atomic mass is 16.2. The summed E-state index contributed by atoms with van der Waals surface area (Å²) in [7, 11) is 0. The monoisotopic (exact) mass is 376 g/mol. The van der Waals surface area contributed by atoms with Crippen molar-refractivity contribution in [2.75, 3.05) is 11.4 Å². The summed E-state index contributed by atoms with van der Waals surface area (Å²) in [6, 6.07) is 11.9. The van der Waals surface area contributed by atoms with Gasteiger partial charge in [0.25, 0.3) is 5.91 Å². The van der Waals surface area contributed by atoms with Gasteiger partial charge in [0, 0.05) is 23.8 Å². The van der Waals surface area contributed by atoms with Gasteiger partial charge in [-0.2, -0.15) is 5.10 Å². The van der Waals surface area contributed by atoms with Crippen LogP contribution in [-0.4, -0.2) is 27.2 Å². The van der Waals surface area contributed by atoms with Crippen molar-refractivity contribution >= 4 is 22.6 Å². The molecule has 0 unspecified atom stereocenters. The van der Waals surface area contributed by atoms with Crippen LogP contribution in [0.1, 0.15) is 68.2 Å². The van der Waals surface area contributed by atoms with E-state index in [0.717, 1.165) is 41.0 Å². The van der Waals surface area contributed by atoms with Crippen LogP contribution in [0.3, 0.4) is 0 Å². The quantitative estimate of drug-likeness (QED) is 0.641. The Balaban J connectivity index is 1.92. The Bertz CT molecular complexity index is 1030. The summed E-state index contributed by atoms with van der Waals surface area (Å²) in [5, 5.41) is 5.64. The Kier molecular flexibility index (Phi) is 4.48. The van der Waals surface area contributed by atoms with Crippen molar-refractivity contribution in [2.45, 2.75) is 58.9 Å². The zero-order valence-electron chi connectivity index (χ0n) is 17.4. The number of nitrogens with zero attached hydrogens (tertiary/aromatic N) is 4. The fourth-order valence-corrected chi connectivity index (χ4v) is 3.73. The van der Waals surface area contributed by atoms with Crippen LogP contribution in [0.4, 0.5) is 5.69 Å². The second-order valence-electron chi connectivity index (χ2n) is 8.62. The predicted octanol–water partition coefficient (Wildman–Crippen LogP) is 5.04. The fourth-order valence-electron chi connectivity index (χ4n) is 3.73. The van der Waals surface area contributed by atoms with Crippen LogP contribution in [0, 0.1) is 6.92 Å². The van der Waals surface area contributed by atoms with Crippen molar-refractivity contribution in [3.05, 3.63) is 53.3 Å². The second kappa shape index (κ2) is 6.73. The molecule has 2 aromatic heterocycles. The van der Waals surface area contributed by atoms with Crippen LogP contribution in [-0.2, 0) is 5.54 Å². The van der Waals surface area contributed by atoms with E-state index in [9.17, 15) is 4.79 Å². The minimum Gasteiger partial charge on any atom is -0.309 e. The largest absolute Gasteiger partial charge is 0.309 e. The zero-order chi connectivity index (χ0) is 20.1. The Morgan fingerprint density at radius 1 is 1.21 bits per heavy atom. The van der Waals surface area contributed by atoms with Crippen LogP contribution in [0.5, 0.6) is 0 Å². The molecule has 3 aromatic rings. The molecule has 0 aliphatic heterocycles. The van der Waals surface area contributed by atoms with Gasteiger partial charge in [0.05, 0.1) is 22.2 Å². The van der Waals surface area contributed by atoms with Gasteiger partial charge in [-0.3, -0.25) is 4.79 Å². The number of pyridine rings is 1. The van der Waals surface area contributed by atoms with E-state index in [-0.39, 0.29) is 11.4 Å². The predicted molar refractivity (Wildman–Crippen MR) is 113 cm³/mol. The van der Waals surface area contributed by atoms with E-state index in [1.54, 1.807) is 0 Å². The third-order valence-electron chi connectivity index (χ3n) is 5.32. The first-order valence-corrected chi connectivity index (χ1v) is 10.1. The lowest BCUT2D eigenvalue weighted by Gasteiger charge is -2.23. The summed E-state index contributed by atoms with van der Waals surface area (Å²) in [6.45, 7) is 10.9. The van der Waals surface area contributed by atoms with Crippen LogP contribution in [0.15, 0.2) is 36.4 Å². The number of rotatable bonds is 4. The number of aromatic nitrogens is 3. The highest BCUT2D eigenvalue weighted by molar-refractivity contribution is 6.14. The fraction of sp³-hybridized carbons (Fsp3) is 0.435. The topological polar surface area (TPSA) is 51.0 Å². The maximum atomic E-state index is 13.7. The third-order valence-corrected chi connectivity index (χ3v) is 5.32. The summed E-state index contributed by atoms with van der Waals surface area (Å²) < 4.78 is 1.97. The van der Waals surface area contributed by atoms with E-state index >= 15 is 0 Å². The number of para-hydroxylation sites is 1. The maximum Gasteiger partial charge on any atom is 0.259 e. The van der Waals surface area contributed by atoms with Crippen LogP contribution in [0.25, 0.3) is 11.0 Å². The smallest absolute Gasteiger partial charge is 0.259 e. The van der Waals surface area contributed by atoms with Crippen molar-refractivity contribution in [1.29, 1.82) is 0 Å². The van der Waals surface area contributed by atoms with E-state index in [4.69, 9.17) is 10.1 Å². The molecule has 1 aliphatic rings. The van der Waals surface area contributed by atoms with E-state index in [2.05, 4.69) is 20.8 Å². The molecule has 0 radical (unpaired) electrons. The number of carbonyl (C=O) groups is 1. The Labute approximate surface area is 166 Å². The summed E-state index contributed by atoms with van der Waals surface area (Å²) >= 11 is 0. The van der Waals surface area contributed by atoms with E-state index in [0.29, 0.717) is 18.0 Å². The molecule has 0 atom stereocenters. The molecule has 5 nitrogen and oxygen atoms in total. The van der Waals surface area contributed by atoms with Gasteiger partial charge in [-0.1, -0.05) is 18.2 Å². The van der Waals surface area contributed by atoms with Gasteiger partial charge in [0.15, 0.2) is 5.65 Å². The minimum absolute atomic E-state index is 0.0135. The van der Waals surface area contributed by atoms with E-state index < -0.39 is 0 Å². The van der Waals surface area contributed by atoms with Gasteiger partial charge < -0.3 is 4.90 Å². The van der Waals surface area contributed by atoms with Crippen molar-refractivity contribution in [1.82, 2.24) is 14.8 Å². The third kappa shape index (κ3) is 3.19. The number of amides is 1. The molecule has 1 fully saturated rings. The molecule has 28 heavy (non-hydrogen) atoms. The molecule has 1 aromatic carbocycles.